The van der Waals surface area contributed by atoms with Gasteiger partial charge in [0.15, 0.2) is 0 Å². The van der Waals surface area contributed by atoms with Crippen molar-refractivity contribution in [2.45, 2.75) is 316 Å². The number of carbonyl (C=O) groups excluding carboxylic acids is 6. The van der Waals surface area contributed by atoms with Crippen molar-refractivity contribution in [1.82, 2.24) is 0 Å². The molecule has 6 unspecified atom stereocenters. The molecule has 91 heavy (non-hydrogen) atoms. The SMILES string of the molecule is C.C.C.C.C.C.C.C.CCC(C)(C)C(=O)OC(C)c1ccc(C(=O)OC2C3CC4CC(C3)C(=O)OC2C4)cc1.CCC(C)(C)C(=O)OC1(C(C)C)C2CC3CC(C2)CC1C3.CCC(C)(C)C(=O)OC1(C(C)C)CCCC1.CCC(C)(C)C(=O)Oc1ccc(O)cc1. The van der Waals surface area contributed by atoms with Crippen LogP contribution in [0.15, 0.2) is 48.5 Å². The number of fused-ring (bicyclic) bond motifs is 1. The molecular weight excluding hydrogens is 1140 g/mol. The molecule has 1 N–H and O–H groups in total. The molecule has 9 fully saturated rings. The molecule has 13 heteroatoms. The van der Waals surface area contributed by atoms with Crippen molar-refractivity contribution < 1.29 is 62.3 Å². The van der Waals surface area contributed by atoms with Crippen molar-refractivity contribution in [1.29, 1.82) is 0 Å². The number of ether oxygens (including phenoxy) is 6. The van der Waals surface area contributed by atoms with Crippen molar-refractivity contribution in [3.05, 3.63) is 59.7 Å². The monoisotopic (exact) mass is 1280 g/mol. The molecule has 7 aliphatic carbocycles. The van der Waals surface area contributed by atoms with Gasteiger partial charge in [-0.2, -0.15) is 0 Å². The Labute approximate surface area is 557 Å². The van der Waals surface area contributed by atoms with E-state index in [-0.39, 0.29) is 141 Å². The molecule has 13 nitrogen and oxygen atoms in total. The Morgan fingerprint density at radius 1 is 0.538 bits per heavy atom. The highest BCUT2D eigenvalue weighted by Crippen LogP contribution is 2.62. The van der Waals surface area contributed by atoms with Gasteiger partial charge in [0.25, 0.3) is 0 Å². The van der Waals surface area contributed by atoms with Gasteiger partial charge in [-0.3, -0.25) is 24.0 Å². The van der Waals surface area contributed by atoms with E-state index in [4.69, 9.17) is 33.5 Å². The minimum Gasteiger partial charge on any atom is -0.508 e. The summed E-state index contributed by atoms with van der Waals surface area (Å²) < 4.78 is 34.6. The molecule has 7 saturated carbocycles. The summed E-state index contributed by atoms with van der Waals surface area (Å²) in [5.41, 5.74) is -0.787. The predicted molar refractivity (Wildman–Crippen MR) is 376 cm³/mol. The highest BCUT2D eigenvalue weighted by atomic mass is 16.6. The molecule has 0 radical (unpaired) electrons. The zero-order valence-electron chi connectivity index (χ0n) is 53.9. The fourth-order valence-electron chi connectivity index (χ4n) is 13.8. The number of hydrogen-bond donors (Lipinski definition) is 1. The standard InChI is InChI=1S/C25H32O6.C19H32O2.C14H26O2.C12H16O3.8CH4/c1-5-25(3,4)24(28)29-14(2)16-6-8-17(9-7-16)22(26)31-21-18-10-15-11-19(13-18)23(27)30-20(21)12-15;1-6-18(4,5)17(20)21-19(12(2)3)15-8-13-7-14(10-15)11-16(19)9-13;1-6-13(4,5)12(15)16-14(11(2)3)9-7-8-10-14;1-4-12(2,3)11(14)15-10-7-5-9(13)6-8-10;;;;;;;;/h6-9,14-15,18-21H,5,10-13H2,1-4H3;12-16H,6-11H2,1-5H3;11H,6-10H2,1-5H3;5-8,13H,4H2,1-3H3;8*1H4. The summed E-state index contributed by atoms with van der Waals surface area (Å²) in [7, 11) is 0. The molecule has 11 rings (SSSR count). The van der Waals surface area contributed by atoms with E-state index < -0.39 is 22.9 Å². The van der Waals surface area contributed by atoms with Gasteiger partial charge in [-0.05, 0) is 255 Å². The first-order valence-corrected chi connectivity index (χ1v) is 32.0. The van der Waals surface area contributed by atoms with Crippen LogP contribution >= 0.6 is 0 Å². The van der Waals surface area contributed by atoms with Crippen molar-refractivity contribution in [3.8, 4) is 11.5 Å². The molecule has 2 aromatic carbocycles. The highest BCUT2D eigenvalue weighted by molar-refractivity contribution is 5.89. The summed E-state index contributed by atoms with van der Waals surface area (Å²) in [4.78, 5) is 73.9. The number of carbonyl (C=O) groups is 6. The van der Waals surface area contributed by atoms with Crippen molar-refractivity contribution in [2.24, 2.45) is 74.9 Å². The molecule has 6 atom stereocenters. The summed E-state index contributed by atoms with van der Waals surface area (Å²) in [6.45, 7) is 34.1. The first-order chi connectivity index (χ1) is 38.8. The smallest absolute Gasteiger partial charge is 0.338 e. The van der Waals surface area contributed by atoms with E-state index in [0.717, 1.165) is 75.2 Å². The Hall–Kier alpha value is -4.94. The average molecular weight is 1280 g/mol. The lowest BCUT2D eigenvalue weighted by Gasteiger charge is -2.62. The number of phenolic OH excluding ortho intramolecular Hbond substituents is 1. The number of hydrogen-bond acceptors (Lipinski definition) is 13. The van der Waals surface area contributed by atoms with Gasteiger partial charge in [0.2, 0.25) is 0 Å². The molecule has 0 aromatic heterocycles. The normalized spacial score (nSPS) is 25.3. The van der Waals surface area contributed by atoms with Crippen LogP contribution in [0.25, 0.3) is 0 Å². The van der Waals surface area contributed by atoms with Crippen LogP contribution in [0.4, 0.5) is 0 Å². The lowest BCUT2D eigenvalue weighted by Crippen LogP contribution is -2.63. The average Bonchev–Trinajstić information content (AvgIpc) is 1.24. The number of esters is 6. The lowest BCUT2D eigenvalue weighted by atomic mass is 9.47. The Bertz CT molecular complexity index is 2500. The summed E-state index contributed by atoms with van der Waals surface area (Å²) in [5.74, 6) is 4.16. The van der Waals surface area contributed by atoms with E-state index in [0.29, 0.717) is 47.3 Å². The summed E-state index contributed by atoms with van der Waals surface area (Å²) in [6.07, 6.45) is 16.5. The van der Waals surface area contributed by atoms with Crippen LogP contribution in [-0.4, -0.2) is 64.3 Å². The van der Waals surface area contributed by atoms with Gasteiger partial charge >= 0.3 is 35.8 Å². The molecule has 0 spiro atoms. The van der Waals surface area contributed by atoms with E-state index in [1.165, 1.54) is 57.1 Å². The zero-order valence-corrected chi connectivity index (χ0v) is 53.9. The molecule has 2 heterocycles. The van der Waals surface area contributed by atoms with E-state index in [2.05, 4.69) is 34.6 Å². The van der Waals surface area contributed by atoms with Gasteiger partial charge in [0.1, 0.15) is 41.0 Å². The molecule has 8 bridgehead atoms. The second kappa shape index (κ2) is 36.7. The minimum absolute atomic E-state index is 0. The predicted octanol–water partition coefficient (Wildman–Crippen LogP) is 21.2. The summed E-state index contributed by atoms with van der Waals surface area (Å²) in [6, 6.07) is 13.1. The van der Waals surface area contributed by atoms with Gasteiger partial charge in [-0.25, -0.2) is 4.79 Å². The van der Waals surface area contributed by atoms with Crippen LogP contribution in [-0.2, 0) is 47.7 Å². The maximum atomic E-state index is 12.8. The number of benzene rings is 2. The van der Waals surface area contributed by atoms with E-state index in [1.54, 1.807) is 36.4 Å². The summed E-state index contributed by atoms with van der Waals surface area (Å²) in [5, 5.41) is 9.06. The minimum atomic E-state index is -0.529. The van der Waals surface area contributed by atoms with Gasteiger partial charge in [0.05, 0.1) is 33.1 Å². The third-order valence-corrected chi connectivity index (χ3v) is 21.2. The van der Waals surface area contributed by atoms with Crippen molar-refractivity contribution >= 4 is 35.8 Å². The highest BCUT2D eigenvalue weighted by Gasteiger charge is 2.61. The maximum absolute atomic E-state index is 12.8. The molecule has 9 aliphatic rings. The Morgan fingerprint density at radius 3 is 1.43 bits per heavy atom. The number of aromatic hydroxyl groups is 1. The molecule has 2 aliphatic heterocycles. The van der Waals surface area contributed by atoms with E-state index >= 15 is 0 Å². The fraction of sp³-hybridized carbons (Fsp3) is 0.769. The van der Waals surface area contributed by atoms with Crippen LogP contribution in [0.1, 0.15) is 308 Å². The second-order valence-corrected chi connectivity index (χ2v) is 29.1. The van der Waals surface area contributed by atoms with Crippen molar-refractivity contribution in [3.63, 3.8) is 0 Å². The van der Waals surface area contributed by atoms with Gasteiger partial charge < -0.3 is 33.5 Å². The Morgan fingerprint density at radius 2 is 0.978 bits per heavy atom. The largest absolute Gasteiger partial charge is 0.508 e. The molecule has 2 aromatic rings. The van der Waals surface area contributed by atoms with Crippen LogP contribution in [0, 0.1) is 74.9 Å². The molecule has 528 valence electrons. The third-order valence-electron chi connectivity index (χ3n) is 21.2. The third kappa shape index (κ3) is 21.3. The lowest BCUT2D eigenvalue weighted by molar-refractivity contribution is -0.231. The molecule has 0 amide bonds. The van der Waals surface area contributed by atoms with E-state index in [1.807, 2.05) is 83.1 Å². The Kier molecular flexibility index (Phi) is 36.3. The topological polar surface area (TPSA) is 178 Å². The molecular formula is C78H138O13. The maximum Gasteiger partial charge on any atom is 0.338 e. The van der Waals surface area contributed by atoms with Crippen LogP contribution in [0.2, 0.25) is 0 Å². The fourth-order valence-corrected chi connectivity index (χ4v) is 13.8. The van der Waals surface area contributed by atoms with Crippen molar-refractivity contribution in [2.75, 3.05) is 0 Å². The van der Waals surface area contributed by atoms with Crippen LogP contribution < -0.4 is 4.74 Å². The van der Waals surface area contributed by atoms with Gasteiger partial charge in [-0.15, -0.1) is 0 Å². The first-order valence-electron chi connectivity index (χ1n) is 32.0. The number of rotatable bonds is 17. The second-order valence-electron chi connectivity index (χ2n) is 29.1. The zero-order chi connectivity index (χ0) is 61.6. The Balaban J connectivity index is -0.00000115. The van der Waals surface area contributed by atoms with E-state index in [9.17, 15) is 28.8 Å². The first kappa shape index (κ1) is 90.3. The summed E-state index contributed by atoms with van der Waals surface area (Å²) >= 11 is 0. The van der Waals surface area contributed by atoms with Gasteiger partial charge in [-0.1, -0.05) is 127 Å². The van der Waals surface area contributed by atoms with Crippen LogP contribution in [0.3, 0.4) is 0 Å². The van der Waals surface area contributed by atoms with Crippen LogP contribution in [0.5, 0.6) is 11.5 Å². The number of phenols is 1. The molecule has 2 saturated heterocycles. The van der Waals surface area contributed by atoms with Gasteiger partial charge in [0, 0.05) is 5.92 Å². The quantitative estimate of drug-likeness (QED) is 0.0899.